The minimum absolute atomic E-state index is 0.111. The van der Waals surface area contributed by atoms with Crippen LogP contribution in [0, 0.1) is 6.29 Å². The summed E-state index contributed by atoms with van der Waals surface area (Å²) < 4.78 is 9.26. The van der Waals surface area contributed by atoms with Gasteiger partial charge in [-0.3, -0.25) is 4.79 Å². The van der Waals surface area contributed by atoms with Gasteiger partial charge in [-0.15, -0.1) is 0 Å². The predicted molar refractivity (Wildman–Crippen MR) is 21.2 cm³/mol. The van der Waals surface area contributed by atoms with Crippen LogP contribution in [0.5, 0.6) is 0 Å². The highest BCUT2D eigenvalue weighted by molar-refractivity contribution is 5.63. The molecule has 1 radical (unpaired) electrons. The topological polar surface area (TPSA) is 35.5 Å². The normalized spacial score (nSPS) is 22.9. The van der Waals surface area contributed by atoms with Crippen molar-refractivity contribution in [3.05, 3.63) is 6.29 Å². The first-order valence-electron chi connectivity index (χ1n) is 2.01. The van der Waals surface area contributed by atoms with E-state index in [4.69, 9.17) is 0 Å². The number of rotatable bonds is 1. The molecule has 39 valence electrons. The average molecular weight is 101 g/mol. The van der Waals surface area contributed by atoms with Crippen LogP contribution >= 0.6 is 0 Å². The Morgan fingerprint density at radius 3 is 2.29 bits per heavy atom. The van der Waals surface area contributed by atoms with Gasteiger partial charge in [0.05, 0.1) is 13.2 Å². The summed E-state index contributed by atoms with van der Waals surface area (Å²) in [5.74, 6) is 0. The molecule has 0 aromatic carbocycles. The molecule has 1 fully saturated rings. The van der Waals surface area contributed by atoms with Crippen molar-refractivity contribution in [2.75, 3.05) is 13.2 Å². The van der Waals surface area contributed by atoms with Crippen molar-refractivity contribution in [1.82, 2.24) is 0 Å². The molecule has 0 aromatic rings. The van der Waals surface area contributed by atoms with Crippen LogP contribution in [0.4, 0.5) is 0 Å². The first-order chi connectivity index (χ1) is 3.43. The van der Waals surface area contributed by atoms with Crippen LogP contribution in [0.2, 0.25) is 0 Å². The quantitative estimate of drug-likeness (QED) is 0.426. The Labute approximate surface area is 41.2 Å². The van der Waals surface area contributed by atoms with Crippen molar-refractivity contribution in [3.8, 4) is 0 Å². The number of aldehydes is 1. The fourth-order valence-electron chi connectivity index (χ4n) is 0.394. The van der Waals surface area contributed by atoms with Crippen LogP contribution in [0.25, 0.3) is 0 Å². The molecule has 0 atom stereocenters. The summed E-state index contributed by atoms with van der Waals surface area (Å²) >= 11 is 0. The second-order valence-electron chi connectivity index (χ2n) is 1.13. The summed E-state index contributed by atoms with van der Waals surface area (Å²) in [6, 6.07) is 0. The van der Waals surface area contributed by atoms with Crippen LogP contribution in [-0.2, 0) is 14.3 Å². The maximum atomic E-state index is 9.72. The van der Waals surface area contributed by atoms with Gasteiger partial charge in [0.2, 0.25) is 0 Å². The molecule has 0 bridgehead atoms. The zero-order chi connectivity index (χ0) is 5.11. The summed E-state index contributed by atoms with van der Waals surface area (Å²) in [6.07, 6.45) is 0.674. The lowest BCUT2D eigenvalue weighted by Gasteiger charge is -1.90. The second kappa shape index (κ2) is 2.04. The summed E-state index contributed by atoms with van der Waals surface area (Å²) in [6.45, 7) is 1.02. The van der Waals surface area contributed by atoms with Crippen LogP contribution in [-0.4, -0.2) is 19.5 Å². The fraction of sp³-hybridized carbons (Fsp3) is 0.500. The van der Waals surface area contributed by atoms with Crippen molar-refractivity contribution in [1.29, 1.82) is 0 Å². The SMILES string of the molecule is O=C[C]1OCCO1. The Balaban J connectivity index is 2.26. The van der Waals surface area contributed by atoms with Gasteiger partial charge in [-0.2, -0.15) is 0 Å². The van der Waals surface area contributed by atoms with Gasteiger partial charge in [0.25, 0.3) is 6.29 Å². The molecule has 7 heavy (non-hydrogen) atoms. The summed E-state index contributed by atoms with van der Waals surface area (Å²) in [5, 5.41) is 0. The van der Waals surface area contributed by atoms with Gasteiger partial charge >= 0.3 is 0 Å². The molecule has 0 spiro atoms. The summed E-state index contributed by atoms with van der Waals surface area (Å²) in [7, 11) is 0. The maximum absolute atomic E-state index is 9.72. The van der Waals surface area contributed by atoms with Crippen molar-refractivity contribution in [2.45, 2.75) is 0 Å². The van der Waals surface area contributed by atoms with E-state index < -0.39 is 0 Å². The molecule has 0 N–H and O–H groups in total. The average Bonchev–Trinajstić information content (AvgIpc) is 2.14. The first-order valence-corrected chi connectivity index (χ1v) is 2.01. The Bertz CT molecular complexity index is 65.3. The van der Waals surface area contributed by atoms with Crippen LogP contribution in [0.15, 0.2) is 0 Å². The third-order valence-electron chi connectivity index (χ3n) is 0.668. The molecule has 3 nitrogen and oxygen atoms in total. The third kappa shape index (κ3) is 0.976. The van der Waals surface area contributed by atoms with Gasteiger partial charge < -0.3 is 9.47 Å². The van der Waals surface area contributed by atoms with E-state index in [2.05, 4.69) is 9.47 Å². The number of carbonyl (C=O) groups excluding carboxylic acids is 1. The van der Waals surface area contributed by atoms with Crippen molar-refractivity contribution < 1.29 is 14.3 Å². The fourth-order valence-corrected chi connectivity index (χ4v) is 0.394. The molecule has 0 saturated carbocycles. The number of carbonyl (C=O) groups is 1. The summed E-state index contributed by atoms with van der Waals surface area (Å²) in [4.78, 5) is 9.72. The van der Waals surface area contributed by atoms with Crippen LogP contribution in [0.1, 0.15) is 0 Å². The lowest BCUT2D eigenvalue weighted by molar-refractivity contribution is -0.116. The Morgan fingerprint density at radius 2 is 2.00 bits per heavy atom. The first kappa shape index (κ1) is 4.74. The van der Waals surface area contributed by atoms with Gasteiger partial charge in [-0.1, -0.05) is 0 Å². The largest absolute Gasteiger partial charge is 0.337 e. The molecule has 3 heteroatoms. The van der Waals surface area contributed by atoms with E-state index in [0.29, 0.717) is 19.5 Å². The molecule has 0 amide bonds. The van der Waals surface area contributed by atoms with E-state index in [1.807, 2.05) is 0 Å². The molecule has 0 unspecified atom stereocenters. The smallest absolute Gasteiger partial charge is 0.289 e. The second-order valence-corrected chi connectivity index (χ2v) is 1.13. The zero-order valence-electron chi connectivity index (χ0n) is 3.72. The third-order valence-corrected chi connectivity index (χ3v) is 0.668. The van der Waals surface area contributed by atoms with E-state index in [9.17, 15) is 4.79 Å². The predicted octanol–water partition coefficient (Wildman–Crippen LogP) is -0.278. The van der Waals surface area contributed by atoms with Crippen molar-refractivity contribution in [2.24, 2.45) is 0 Å². The highest BCUT2D eigenvalue weighted by atomic mass is 16.7. The highest BCUT2D eigenvalue weighted by Gasteiger charge is 2.15. The van der Waals surface area contributed by atoms with Gasteiger partial charge in [0.15, 0.2) is 6.29 Å². The van der Waals surface area contributed by atoms with Gasteiger partial charge in [0.1, 0.15) is 0 Å². The van der Waals surface area contributed by atoms with Crippen molar-refractivity contribution in [3.63, 3.8) is 0 Å². The molecule has 0 aromatic heterocycles. The van der Waals surface area contributed by atoms with E-state index in [0.717, 1.165) is 0 Å². The monoisotopic (exact) mass is 101 g/mol. The molecule has 1 aliphatic rings. The van der Waals surface area contributed by atoms with E-state index in [1.165, 1.54) is 0 Å². The molecule has 1 rings (SSSR count). The Hall–Kier alpha value is -0.410. The maximum Gasteiger partial charge on any atom is 0.289 e. The van der Waals surface area contributed by atoms with E-state index in [-0.39, 0.29) is 6.29 Å². The van der Waals surface area contributed by atoms with E-state index >= 15 is 0 Å². The number of ether oxygens (including phenoxy) is 2. The molecular weight excluding hydrogens is 96.0 g/mol. The summed E-state index contributed by atoms with van der Waals surface area (Å²) in [5.41, 5.74) is 0. The van der Waals surface area contributed by atoms with Gasteiger partial charge in [-0.05, 0) is 0 Å². The highest BCUT2D eigenvalue weighted by Crippen LogP contribution is 2.06. The van der Waals surface area contributed by atoms with Crippen LogP contribution < -0.4 is 0 Å². The number of hydrogen-bond donors (Lipinski definition) is 0. The molecule has 0 aliphatic carbocycles. The molecular formula is C4H5O3. The molecule has 1 heterocycles. The van der Waals surface area contributed by atoms with Gasteiger partial charge in [-0.25, -0.2) is 0 Å². The minimum Gasteiger partial charge on any atom is -0.337 e. The zero-order valence-corrected chi connectivity index (χ0v) is 3.72. The molecule has 1 aliphatic heterocycles. The lowest BCUT2D eigenvalue weighted by Crippen LogP contribution is -1.95. The van der Waals surface area contributed by atoms with Gasteiger partial charge in [0, 0.05) is 0 Å². The Morgan fingerprint density at radius 1 is 1.43 bits per heavy atom. The van der Waals surface area contributed by atoms with Crippen molar-refractivity contribution >= 4 is 6.29 Å². The molecule has 1 saturated heterocycles. The Kier molecular flexibility index (Phi) is 1.38. The van der Waals surface area contributed by atoms with E-state index in [1.54, 1.807) is 0 Å². The van der Waals surface area contributed by atoms with Crippen LogP contribution in [0.3, 0.4) is 0 Å². The minimum atomic E-state index is 0.111. The number of hydrogen-bond acceptors (Lipinski definition) is 3. The lowest BCUT2D eigenvalue weighted by atomic mass is 10.7. The standard InChI is InChI=1S/C4H5O3/c5-3-4-6-1-2-7-4/h3H,1-2H2.